The molecule has 32 heavy (non-hydrogen) atoms. The molecule has 1 aliphatic rings. The summed E-state index contributed by atoms with van der Waals surface area (Å²) < 4.78 is 7.99. The van der Waals surface area contributed by atoms with Crippen molar-refractivity contribution in [2.24, 2.45) is 0 Å². The Morgan fingerprint density at radius 2 is 1.78 bits per heavy atom. The molecule has 6 heteroatoms. The van der Waals surface area contributed by atoms with Crippen molar-refractivity contribution in [2.75, 3.05) is 18.0 Å². The lowest BCUT2D eigenvalue weighted by molar-refractivity contribution is -0.00546. The first kappa shape index (κ1) is 22.1. The number of morpholine rings is 1. The fourth-order valence-electron chi connectivity index (χ4n) is 4.39. The van der Waals surface area contributed by atoms with Gasteiger partial charge in [-0.2, -0.15) is 0 Å². The highest BCUT2D eigenvalue weighted by molar-refractivity contribution is 5.95. The molecule has 3 aromatic rings. The molecule has 0 aliphatic carbocycles. The van der Waals surface area contributed by atoms with Gasteiger partial charge in [-0.1, -0.05) is 36.4 Å². The maximum Gasteiger partial charge on any atom is 0.253 e. The number of benzene rings is 1. The first-order valence-electron chi connectivity index (χ1n) is 11.2. The molecule has 0 spiro atoms. The number of nitrogens with one attached hydrogen (secondary N) is 1. The van der Waals surface area contributed by atoms with Crippen molar-refractivity contribution in [2.45, 2.75) is 53.0 Å². The second kappa shape index (κ2) is 9.57. The van der Waals surface area contributed by atoms with E-state index in [4.69, 9.17) is 4.74 Å². The summed E-state index contributed by atoms with van der Waals surface area (Å²) in [6, 6.07) is 16.3. The summed E-state index contributed by atoms with van der Waals surface area (Å²) in [6.45, 7) is 11.1. The van der Waals surface area contributed by atoms with Gasteiger partial charge < -0.3 is 19.5 Å². The van der Waals surface area contributed by atoms with E-state index in [2.05, 4.69) is 45.7 Å². The van der Waals surface area contributed by atoms with E-state index < -0.39 is 0 Å². The number of aryl methyl sites for hydroxylation is 1. The lowest BCUT2D eigenvalue weighted by Crippen LogP contribution is -2.45. The van der Waals surface area contributed by atoms with E-state index in [1.807, 2.05) is 56.4 Å². The molecular weight excluding hydrogens is 400 g/mol. The molecule has 2 aromatic heterocycles. The van der Waals surface area contributed by atoms with Crippen LogP contribution in [0.1, 0.15) is 46.7 Å². The van der Waals surface area contributed by atoms with Gasteiger partial charge in [-0.15, -0.1) is 0 Å². The second-order valence-corrected chi connectivity index (χ2v) is 8.73. The number of aromatic nitrogens is 2. The standard InChI is InChI=1S/C26H32N4O2/c1-18-12-24(21(4)30(18)17-22-8-6-5-7-9-22)26(31)28-14-23-10-11-25(27-13-23)29-15-19(2)32-20(3)16-29/h5-13,19-20H,14-17H2,1-4H3,(H,28,31). The Bertz CT molecular complexity index is 1050. The average molecular weight is 433 g/mol. The summed E-state index contributed by atoms with van der Waals surface area (Å²) in [5, 5.41) is 3.05. The number of amides is 1. The van der Waals surface area contributed by atoms with Crippen LogP contribution in [0.4, 0.5) is 5.82 Å². The van der Waals surface area contributed by atoms with Gasteiger partial charge >= 0.3 is 0 Å². The van der Waals surface area contributed by atoms with Gasteiger partial charge in [-0.3, -0.25) is 4.79 Å². The maximum absolute atomic E-state index is 12.9. The van der Waals surface area contributed by atoms with Crippen LogP contribution in [0.2, 0.25) is 0 Å². The van der Waals surface area contributed by atoms with Crippen molar-refractivity contribution in [3.63, 3.8) is 0 Å². The SMILES string of the molecule is Cc1cc(C(=O)NCc2ccc(N3CC(C)OC(C)C3)nc2)c(C)n1Cc1ccccc1. The van der Waals surface area contributed by atoms with Gasteiger partial charge in [-0.05, 0) is 51.0 Å². The van der Waals surface area contributed by atoms with Gasteiger partial charge in [-0.25, -0.2) is 4.98 Å². The summed E-state index contributed by atoms with van der Waals surface area (Å²) in [5.41, 5.74) is 4.98. The fourth-order valence-corrected chi connectivity index (χ4v) is 4.39. The number of hydrogen-bond acceptors (Lipinski definition) is 4. The first-order chi connectivity index (χ1) is 15.4. The van der Waals surface area contributed by atoms with E-state index in [1.54, 1.807) is 0 Å². The molecular formula is C26H32N4O2. The number of rotatable bonds is 6. The lowest BCUT2D eigenvalue weighted by atomic mass is 10.2. The number of anilines is 1. The number of carbonyl (C=O) groups is 1. The van der Waals surface area contributed by atoms with E-state index in [1.165, 1.54) is 5.56 Å². The van der Waals surface area contributed by atoms with Gasteiger partial charge in [0.25, 0.3) is 5.91 Å². The van der Waals surface area contributed by atoms with Crippen molar-refractivity contribution in [3.8, 4) is 0 Å². The number of hydrogen-bond donors (Lipinski definition) is 1. The zero-order valence-electron chi connectivity index (χ0n) is 19.3. The summed E-state index contributed by atoms with van der Waals surface area (Å²) in [7, 11) is 0. The molecule has 0 radical (unpaired) electrons. The average Bonchev–Trinajstić information content (AvgIpc) is 3.06. The molecule has 168 valence electrons. The number of carbonyl (C=O) groups excluding carboxylic acids is 1. The van der Waals surface area contributed by atoms with E-state index in [9.17, 15) is 4.79 Å². The summed E-state index contributed by atoms with van der Waals surface area (Å²) in [6.07, 6.45) is 2.24. The van der Waals surface area contributed by atoms with Gasteiger partial charge in [0.05, 0.1) is 17.8 Å². The van der Waals surface area contributed by atoms with Crippen LogP contribution in [0.5, 0.6) is 0 Å². The van der Waals surface area contributed by atoms with Crippen molar-refractivity contribution in [1.82, 2.24) is 14.9 Å². The van der Waals surface area contributed by atoms with Crippen molar-refractivity contribution < 1.29 is 9.53 Å². The summed E-state index contributed by atoms with van der Waals surface area (Å²) >= 11 is 0. The van der Waals surface area contributed by atoms with Crippen molar-refractivity contribution in [1.29, 1.82) is 0 Å². The molecule has 3 heterocycles. The smallest absolute Gasteiger partial charge is 0.253 e. The molecule has 1 fully saturated rings. The molecule has 2 unspecified atom stereocenters. The Labute approximate surface area is 190 Å². The molecule has 1 saturated heterocycles. The molecule has 1 aromatic carbocycles. The topological polar surface area (TPSA) is 59.4 Å². The van der Waals surface area contributed by atoms with Crippen LogP contribution in [0.25, 0.3) is 0 Å². The highest BCUT2D eigenvalue weighted by atomic mass is 16.5. The normalized spacial score (nSPS) is 18.6. The third kappa shape index (κ3) is 5.02. The van der Waals surface area contributed by atoms with Crippen LogP contribution in [-0.4, -0.2) is 40.8 Å². The van der Waals surface area contributed by atoms with Crippen LogP contribution >= 0.6 is 0 Å². The molecule has 1 aliphatic heterocycles. The molecule has 4 rings (SSSR count). The number of nitrogens with zero attached hydrogens (tertiary/aromatic N) is 3. The Kier molecular flexibility index (Phi) is 6.61. The minimum absolute atomic E-state index is 0.0580. The lowest BCUT2D eigenvalue weighted by Gasteiger charge is -2.36. The molecule has 0 saturated carbocycles. The Morgan fingerprint density at radius 1 is 1.06 bits per heavy atom. The maximum atomic E-state index is 12.9. The second-order valence-electron chi connectivity index (χ2n) is 8.73. The largest absolute Gasteiger partial charge is 0.372 e. The molecule has 1 N–H and O–H groups in total. The van der Waals surface area contributed by atoms with E-state index in [-0.39, 0.29) is 18.1 Å². The quantitative estimate of drug-likeness (QED) is 0.637. The van der Waals surface area contributed by atoms with Gasteiger partial charge in [0, 0.05) is 43.8 Å². The molecule has 0 bridgehead atoms. The van der Waals surface area contributed by atoms with Crippen LogP contribution in [-0.2, 0) is 17.8 Å². The summed E-state index contributed by atoms with van der Waals surface area (Å²) in [5.74, 6) is 0.892. The highest BCUT2D eigenvalue weighted by Gasteiger charge is 2.23. The monoisotopic (exact) mass is 432 g/mol. The van der Waals surface area contributed by atoms with E-state index in [0.717, 1.165) is 48.0 Å². The highest BCUT2D eigenvalue weighted by Crippen LogP contribution is 2.19. The minimum Gasteiger partial charge on any atom is -0.372 e. The van der Waals surface area contributed by atoms with E-state index in [0.29, 0.717) is 6.54 Å². The van der Waals surface area contributed by atoms with Crippen molar-refractivity contribution in [3.05, 3.63) is 82.8 Å². The van der Waals surface area contributed by atoms with Crippen LogP contribution in [0, 0.1) is 13.8 Å². The minimum atomic E-state index is -0.0580. The summed E-state index contributed by atoms with van der Waals surface area (Å²) in [4.78, 5) is 19.7. The van der Waals surface area contributed by atoms with Crippen molar-refractivity contribution >= 4 is 11.7 Å². The Morgan fingerprint density at radius 3 is 2.44 bits per heavy atom. The molecule has 6 nitrogen and oxygen atoms in total. The zero-order valence-corrected chi connectivity index (χ0v) is 19.3. The predicted octanol–water partition coefficient (Wildman–Crippen LogP) is 4.09. The third-order valence-corrected chi connectivity index (χ3v) is 6.01. The van der Waals surface area contributed by atoms with Gasteiger partial charge in [0.15, 0.2) is 0 Å². The molecule has 1 amide bonds. The van der Waals surface area contributed by atoms with Crippen LogP contribution < -0.4 is 10.2 Å². The van der Waals surface area contributed by atoms with Gasteiger partial charge in [0.2, 0.25) is 0 Å². The van der Waals surface area contributed by atoms with Crippen LogP contribution in [0.3, 0.4) is 0 Å². The first-order valence-corrected chi connectivity index (χ1v) is 11.2. The Balaban J connectivity index is 1.38. The zero-order chi connectivity index (χ0) is 22.7. The third-order valence-electron chi connectivity index (χ3n) is 6.01. The fraction of sp³-hybridized carbons (Fsp3) is 0.385. The van der Waals surface area contributed by atoms with Crippen LogP contribution in [0.15, 0.2) is 54.7 Å². The number of ether oxygens (including phenoxy) is 1. The number of pyridine rings is 1. The van der Waals surface area contributed by atoms with E-state index >= 15 is 0 Å². The van der Waals surface area contributed by atoms with Gasteiger partial charge in [0.1, 0.15) is 5.82 Å². The predicted molar refractivity (Wildman–Crippen MR) is 127 cm³/mol. The molecule has 2 atom stereocenters. The Hall–Kier alpha value is -3.12.